The first kappa shape index (κ1) is 15.2. The summed E-state index contributed by atoms with van der Waals surface area (Å²) in [4.78, 5) is 12.5. The van der Waals surface area contributed by atoms with E-state index in [4.69, 9.17) is 5.73 Å². The molecule has 1 aromatic carbocycles. The number of benzene rings is 1. The topological polar surface area (TPSA) is 43.1 Å². The molecule has 20 heavy (non-hydrogen) atoms. The minimum atomic E-state index is 0.204. The first-order valence-electron chi connectivity index (χ1n) is 7.76. The molecule has 1 unspecified atom stereocenters. The predicted molar refractivity (Wildman–Crippen MR) is 83.5 cm³/mol. The molecule has 1 aliphatic carbocycles. The SMILES string of the molecule is [CH2]C(C)Cc1ccc(C(=O)C2CCC(CN)CC2)cc1. The van der Waals surface area contributed by atoms with Gasteiger partial charge in [0.25, 0.3) is 0 Å². The van der Waals surface area contributed by atoms with Gasteiger partial charge in [0, 0.05) is 11.5 Å². The molecule has 0 bridgehead atoms. The minimum absolute atomic E-state index is 0.204. The summed E-state index contributed by atoms with van der Waals surface area (Å²) in [5.74, 6) is 1.55. The Balaban J connectivity index is 1.95. The van der Waals surface area contributed by atoms with Crippen LogP contribution < -0.4 is 5.73 Å². The summed E-state index contributed by atoms with van der Waals surface area (Å²) in [6, 6.07) is 8.10. The zero-order valence-electron chi connectivity index (χ0n) is 12.5. The van der Waals surface area contributed by atoms with Crippen molar-refractivity contribution in [3.63, 3.8) is 0 Å². The predicted octanol–water partition coefficient (Wildman–Crippen LogP) is 3.65. The van der Waals surface area contributed by atoms with Crippen LogP contribution >= 0.6 is 0 Å². The maximum absolute atomic E-state index is 12.5. The molecule has 1 aliphatic rings. The fraction of sp³-hybridized carbons (Fsp3) is 0.556. The van der Waals surface area contributed by atoms with E-state index >= 15 is 0 Å². The summed E-state index contributed by atoms with van der Waals surface area (Å²) in [6.45, 7) is 6.87. The maximum atomic E-state index is 12.5. The minimum Gasteiger partial charge on any atom is -0.330 e. The average Bonchev–Trinajstić information content (AvgIpc) is 2.47. The van der Waals surface area contributed by atoms with Crippen molar-refractivity contribution in [2.45, 2.75) is 39.0 Å². The standard InChI is InChI=1S/C18H26NO/c1-13(2)11-14-3-7-16(8-4-14)18(20)17-9-5-15(12-19)6-10-17/h3-4,7-8,13,15,17H,1,5-6,9-12,19H2,2H3. The van der Waals surface area contributed by atoms with E-state index in [1.807, 2.05) is 12.1 Å². The molecule has 0 saturated heterocycles. The fourth-order valence-corrected chi connectivity index (χ4v) is 3.10. The molecule has 1 fully saturated rings. The van der Waals surface area contributed by atoms with Gasteiger partial charge in [-0.15, -0.1) is 0 Å². The molecule has 1 saturated carbocycles. The highest BCUT2D eigenvalue weighted by molar-refractivity contribution is 5.97. The number of Topliss-reactive ketones (excluding diaryl/α,β-unsaturated/α-hetero) is 1. The van der Waals surface area contributed by atoms with Crippen molar-refractivity contribution >= 4 is 5.78 Å². The monoisotopic (exact) mass is 272 g/mol. The third-order valence-corrected chi connectivity index (χ3v) is 4.37. The van der Waals surface area contributed by atoms with Gasteiger partial charge in [-0.25, -0.2) is 0 Å². The van der Waals surface area contributed by atoms with Crippen molar-refractivity contribution in [1.82, 2.24) is 0 Å². The van der Waals surface area contributed by atoms with Gasteiger partial charge in [-0.1, -0.05) is 38.1 Å². The molecule has 1 atom stereocenters. The van der Waals surface area contributed by atoms with E-state index in [-0.39, 0.29) is 5.92 Å². The van der Waals surface area contributed by atoms with Crippen LogP contribution in [0, 0.1) is 24.7 Å². The highest BCUT2D eigenvalue weighted by Crippen LogP contribution is 2.30. The maximum Gasteiger partial charge on any atom is 0.165 e. The molecule has 2 rings (SSSR count). The molecule has 2 nitrogen and oxygen atoms in total. The molecule has 0 aromatic heterocycles. The summed E-state index contributed by atoms with van der Waals surface area (Å²) in [5.41, 5.74) is 7.82. The molecule has 2 N–H and O–H groups in total. The Kier molecular flexibility index (Phi) is 5.36. The molecule has 109 valence electrons. The van der Waals surface area contributed by atoms with Crippen molar-refractivity contribution < 1.29 is 4.79 Å². The van der Waals surface area contributed by atoms with Gasteiger partial charge in [-0.05, 0) is 56.0 Å². The van der Waals surface area contributed by atoms with Crippen LogP contribution in [-0.4, -0.2) is 12.3 Å². The summed E-state index contributed by atoms with van der Waals surface area (Å²) < 4.78 is 0. The van der Waals surface area contributed by atoms with Gasteiger partial charge >= 0.3 is 0 Å². The van der Waals surface area contributed by atoms with Gasteiger partial charge in [0.05, 0.1) is 0 Å². The lowest BCUT2D eigenvalue weighted by molar-refractivity contribution is 0.0873. The second-order valence-electron chi connectivity index (χ2n) is 6.32. The van der Waals surface area contributed by atoms with Gasteiger partial charge in [0.1, 0.15) is 0 Å². The highest BCUT2D eigenvalue weighted by Gasteiger charge is 2.26. The molecule has 0 aliphatic heterocycles. The molecule has 1 aromatic rings. The molecule has 0 heterocycles. The first-order valence-corrected chi connectivity index (χ1v) is 7.76. The smallest absolute Gasteiger partial charge is 0.165 e. The van der Waals surface area contributed by atoms with Crippen LogP contribution in [0.5, 0.6) is 0 Å². The van der Waals surface area contributed by atoms with Crippen LogP contribution in [0.4, 0.5) is 0 Å². The third kappa shape index (κ3) is 3.92. The van der Waals surface area contributed by atoms with Crippen LogP contribution in [0.25, 0.3) is 0 Å². The van der Waals surface area contributed by atoms with E-state index in [1.54, 1.807) is 0 Å². The van der Waals surface area contributed by atoms with E-state index in [2.05, 4.69) is 26.0 Å². The molecule has 2 heteroatoms. The number of ketones is 1. The van der Waals surface area contributed by atoms with Gasteiger partial charge in [-0.3, -0.25) is 4.79 Å². The third-order valence-electron chi connectivity index (χ3n) is 4.37. The average molecular weight is 272 g/mol. The van der Waals surface area contributed by atoms with E-state index in [9.17, 15) is 4.79 Å². The Hall–Kier alpha value is -1.15. The normalized spacial score (nSPS) is 23.0. The van der Waals surface area contributed by atoms with E-state index < -0.39 is 0 Å². The van der Waals surface area contributed by atoms with E-state index in [0.29, 0.717) is 17.6 Å². The first-order chi connectivity index (χ1) is 9.60. The molecular weight excluding hydrogens is 246 g/mol. The Labute approximate surface area is 122 Å². The van der Waals surface area contributed by atoms with E-state index in [0.717, 1.165) is 44.2 Å². The summed E-state index contributed by atoms with van der Waals surface area (Å²) >= 11 is 0. The fourth-order valence-electron chi connectivity index (χ4n) is 3.10. The van der Waals surface area contributed by atoms with Crippen LogP contribution in [0.3, 0.4) is 0 Å². The highest BCUT2D eigenvalue weighted by atomic mass is 16.1. The summed E-state index contributed by atoms with van der Waals surface area (Å²) in [5, 5.41) is 0. The number of rotatable bonds is 5. The zero-order chi connectivity index (χ0) is 14.5. The van der Waals surface area contributed by atoms with Crippen LogP contribution in [0.2, 0.25) is 0 Å². The largest absolute Gasteiger partial charge is 0.330 e. The van der Waals surface area contributed by atoms with Crippen molar-refractivity contribution in [2.24, 2.45) is 23.5 Å². The van der Waals surface area contributed by atoms with Crippen LogP contribution in [0.1, 0.15) is 48.5 Å². The quantitative estimate of drug-likeness (QED) is 0.831. The Morgan fingerprint density at radius 2 is 1.85 bits per heavy atom. The Bertz CT molecular complexity index is 427. The lowest BCUT2D eigenvalue weighted by atomic mass is 9.78. The number of hydrogen-bond donors (Lipinski definition) is 1. The van der Waals surface area contributed by atoms with Crippen molar-refractivity contribution in [2.75, 3.05) is 6.54 Å². The van der Waals surface area contributed by atoms with Crippen LogP contribution in [-0.2, 0) is 6.42 Å². The zero-order valence-corrected chi connectivity index (χ0v) is 12.5. The van der Waals surface area contributed by atoms with Gasteiger partial charge in [0.2, 0.25) is 0 Å². The molecule has 0 spiro atoms. The van der Waals surface area contributed by atoms with Crippen LogP contribution in [0.15, 0.2) is 24.3 Å². The second-order valence-corrected chi connectivity index (χ2v) is 6.32. The van der Waals surface area contributed by atoms with E-state index in [1.165, 1.54) is 5.56 Å². The number of nitrogens with two attached hydrogens (primary N) is 1. The van der Waals surface area contributed by atoms with Crippen molar-refractivity contribution in [3.05, 3.63) is 42.3 Å². The molecule has 0 amide bonds. The lowest BCUT2D eigenvalue weighted by Gasteiger charge is -2.26. The van der Waals surface area contributed by atoms with Crippen molar-refractivity contribution in [3.8, 4) is 0 Å². The second kappa shape index (κ2) is 7.03. The number of carbonyl (C=O) groups is 1. The lowest BCUT2D eigenvalue weighted by Crippen LogP contribution is -2.25. The van der Waals surface area contributed by atoms with Gasteiger partial charge < -0.3 is 5.73 Å². The summed E-state index contributed by atoms with van der Waals surface area (Å²) in [6.07, 6.45) is 5.17. The van der Waals surface area contributed by atoms with Crippen molar-refractivity contribution in [1.29, 1.82) is 0 Å². The Morgan fingerprint density at radius 3 is 2.35 bits per heavy atom. The summed E-state index contributed by atoms with van der Waals surface area (Å²) in [7, 11) is 0. The molecular formula is C18H26NO. The Morgan fingerprint density at radius 1 is 1.25 bits per heavy atom. The number of hydrogen-bond acceptors (Lipinski definition) is 2. The van der Waals surface area contributed by atoms with Gasteiger partial charge in [-0.2, -0.15) is 0 Å². The van der Waals surface area contributed by atoms with Gasteiger partial charge in [0.15, 0.2) is 5.78 Å². The molecule has 1 radical (unpaired) electrons. The number of carbonyl (C=O) groups excluding carboxylic acids is 1.